The van der Waals surface area contributed by atoms with Crippen LogP contribution in [0.15, 0.2) is 12.7 Å². The van der Waals surface area contributed by atoms with Crippen LogP contribution in [0.4, 0.5) is 61.5 Å². The Morgan fingerprint density at radius 2 is 0.778 bits per heavy atom. The molecule has 0 saturated heterocycles. The van der Waals surface area contributed by atoms with Crippen LogP contribution < -0.4 is 0 Å². The fraction of sp³-hybridized carbons (Fsp3) is 0.833. The summed E-state index contributed by atoms with van der Waals surface area (Å²) in [5, 5.41) is 0. The largest absolute Gasteiger partial charge is 0.431 e. The lowest BCUT2D eigenvalue weighted by Crippen LogP contribution is -2.57. The summed E-state index contributed by atoms with van der Waals surface area (Å²) in [6.45, 7) is 2.74. The summed E-state index contributed by atoms with van der Waals surface area (Å²) in [7, 11) is 0. The molecule has 0 aliphatic rings. The Hall–Kier alpha value is -0.474. The molecule has 0 aromatic rings. The summed E-state index contributed by atoms with van der Waals surface area (Å²) in [5.74, 6) is -2.96. The molecule has 0 unspecified atom stereocenters. The van der Waals surface area contributed by atoms with E-state index in [0.717, 1.165) is 0 Å². The van der Waals surface area contributed by atoms with Crippen LogP contribution in [-0.4, -0.2) is 59.1 Å². The zero-order valence-corrected chi connectivity index (χ0v) is 14.4. The van der Waals surface area contributed by atoms with Crippen LogP contribution in [0.5, 0.6) is 0 Å². The van der Waals surface area contributed by atoms with Crippen molar-refractivity contribution in [3.05, 3.63) is 12.7 Å². The molecule has 0 atom stereocenters. The summed E-state index contributed by atoms with van der Waals surface area (Å²) >= 11 is 0. The lowest BCUT2D eigenvalue weighted by atomic mass is 9.81. The average molecular weight is 444 g/mol. The Balaban J connectivity index is 0. The van der Waals surface area contributed by atoms with Crippen molar-refractivity contribution in [3.63, 3.8) is 0 Å². The average Bonchev–Trinajstić information content (AvgIpc) is 2.33. The van der Waals surface area contributed by atoms with Gasteiger partial charge in [-0.25, -0.2) is 8.78 Å². The van der Waals surface area contributed by atoms with E-state index in [9.17, 15) is 61.5 Å². The minimum absolute atomic E-state index is 0. The van der Waals surface area contributed by atoms with Crippen LogP contribution in [0.1, 0.15) is 19.3 Å². The SMILES string of the molecule is C=CCC(CC(F)(C(F)(F)F)C(F)(F)F)CC(F)(C(F)(F)F)C(F)(F)F.[Mg]. The van der Waals surface area contributed by atoms with Crippen molar-refractivity contribution in [2.75, 3.05) is 0 Å². The van der Waals surface area contributed by atoms with E-state index in [4.69, 9.17) is 0 Å². The Labute approximate surface area is 159 Å². The molecule has 0 saturated carbocycles. The van der Waals surface area contributed by atoms with Gasteiger partial charge in [0.2, 0.25) is 0 Å². The third-order valence-corrected chi connectivity index (χ3v) is 3.44. The molecular formula is C12H10F14Mg. The fourth-order valence-electron chi connectivity index (χ4n) is 2.05. The lowest BCUT2D eigenvalue weighted by molar-refractivity contribution is -0.356. The molecule has 0 rings (SSSR count). The van der Waals surface area contributed by atoms with E-state index >= 15 is 0 Å². The summed E-state index contributed by atoms with van der Waals surface area (Å²) in [5.41, 5.74) is -12.3. The molecule has 0 heterocycles. The molecule has 158 valence electrons. The van der Waals surface area contributed by atoms with Gasteiger partial charge in [0.05, 0.1) is 0 Å². The van der Waals surface area contributed by atoms with Crippen LogP contribution in [0, 0.1) is 5.92 Å². The van der Waals surface area contributed by atoms with Gasteiger partial charge < -0.3 is 0 Å². The highest BCUT2D eigenvalue weighted by Crippen LogP contribution is 2.54. The maximum atomic E-state index is 13.6. The molecule has 0 fully saturated rings. The van der Waals surface area contributed by atoms with Gasteiger partial charge in [-0.2, -0.15) is 52.7 Å². The van der Waals surface area contributed by atoms with Gasteiger partial charge in [0, 0.05) is 35.9 Å². The maximum absolute atomic E-state index is 13.6. The highest BCUT2D eigenvalue weighted by Gasteiger charge is 2.75. The van der Waals surface area contributed by atoms with Crippen LogP contribution in [-0.2, 0) is 0 Å². The minimum Gasteiger partial charge on any atom is -0.224 e. The first-order chi connectivity index (χ1) is 11.1. The van der Waals surface area contributed by atoms with Crippen molar-refractivity contribution in [1.29, 1.82) is 0 Å². The number of halogens is 14. The molecule has 0 aromatic heterocycles. The number of allylic oxidation sites excluding steroid dienone is 1. The van der Waals surface area contributed by atoms with Crippen LogP contribution in [0.2, 0.25) is 0 Å². The van der Waals surface area contributed by atoms with Gasteiger partial charge in [0.1, 0.15) is 0 Å². The first kappa shape index (κ1) is 28.7. The summed E-state index contributed by atoms with van der Waals surface area (Å²) in [6.07, 6.45) is -33.6. The topological polar surface area (TPSA) is 0 Å². The molecule has 15 heteroatoms. The number of alkyl halides is 14. The number of hydrogen-bond donors (Lipinski definition) is 0. The second kappa shape index (κ2) is 8.49. The van der Waals surface area contributed by atoms with Gasteiger partial charge in [0.25, 0.3) is 11.3 Å². The Morgan fingerprint density at radius 3 is 0.926 bits per heavy atom. The van der Waals surface area contributed by atoms with E-state index < -0.39 is 61.2 Å². The second-order valence-corrected chi connectivity index (χ2v) is 5.39. The van der Waals surface area contributed by atoms with Gasteiger partial charge in [-0.3, -0.25) is 0 Å². The van der Waals surface area contributed by atoms with Gasteiger partial charge in [-0.1, -0.05) is 6.08 Å². The lowest BCUT2D eigenvalue weighted by Gasteiger charge is -2.36. The molecule has 0 aliphatic heterocycles. The van der Waals surface area contributed by atoms with Crippen LogP contribution in [0.25, 0.3) is 0 Å². The predicted octanol–water partition coefficient (Wildman–Crippen LogP) is 6.24. The van der Waals surface area contributed by atoms with Crippen molar-refractivity contribution in [2.45, 2.75) is 55.3 Å². The highest BCUT2D eigenvalue weighted by atomic mass is 24.3. The van der Waals surface area contributed by atoms with Crippen molar-refractivity contribution in [1.82, 2.24) is 0 Å². The van der Waals surface area contributed by atoms with Crippen molar-refractivity contribution in [3.8, 4) is 0 Å². The van der Waals surface area contributed by atoms with Gasteiger partial charge in [-0.05, 0) is 12.3 Å². The van der Waals surface area contributed by atoms with E-state index in [2.05, 4.69) is 6.58 Å². The first-order valence-corrected chi connectivity index (χ1v) is 6.39. The molecule has 0 amide bonds. The molecule has 0 aromatic carbocycles. The normalized spacial score (nSPS) is 14.9. The molecule has 0 nitrogen and oxygen atoms in total. The molecular weight excluding hydrogens is 434 g/mol. The maximum Gasteiger partial charge on any atom is 0.431 e. The Bertz CT molecular complexity index is 414. The minimum atomic E-state index is -6.71. The van der Waals surface area contributed by atoms with Crippen molar-refractivity contribution >= 4 is 23.1 Å². The van der Waals surface area contributed by atoms with Crippen LogP contribution >= 0.6 is 0 Å². The van der Waals surface area contributed by atoms with E-state index in [-0.39, 0.29) is 23.1 Å². The molecule has 27 heavy (non-hydrogen) atoms. The Kier molecular flexibility index (Phi) is 9.04. The third-order valence-electron chi connectivity index (χ3n) is 3.44. The van der Waals surface area contributed by atoms with E-state index in [1.165, 1.54) is 0 Å². The number of hydrogen-bond acceptors (Lipinski definition) is 0. The fourth-order valence-corrected chi connectivity index (χ4v) is 2.05. The molecule has 0 spiro atoms. The smallest absolute Gasteiger partial charge is 0.224 e. The van der Waals surface area contributed by atoms with Crippen molar-refractivity contribution < 1.29 is 61.5 Å². The van der Waals surface area contributed by atoms with Gasteiger partial charge >= 0.3 is 24.7 Å². The van der Waals surface area contributed by atoms with Gasteiger partial charge in [-0.15, -0.1) is 6.58 Å². The second-order valence-electron chi connectivity index (χ2n) is 5.39. The van der Waals surface area contributed by atoms with E-state index in [1.807, 2.05) is 0 Å². The van der Waals surface area contributed by atoms with E-state index in [0.29, 0.717) is 6.08 Å². The predicted molar refractivity (Wildman–Crippen MR) is 65.2 cm³/mol. The standard InChI is InChI=1S/C12H10F14.Mg/c1-2-3-6(4-7(13,9(15,16)17)10(18,19)20)5-8(14,11(21,22)23)12(24,25)26;/h2,6H,1,3-5H2;. The van der Waals surface area contributed by atoms with Gasteiger partial charge in [0.15, 0.2) is 0 Å². The van der Waals surface area contributed by atoms with Crippen molar-refractivity contribution in [2.24, 2.45) is 5.92 Å². The third kappa shape index (κ3) is 6.00. The zero-order chi connectivity index (χ0) is 21.4. The zero-order valence-electron chi connectivity index (χ0n) is 13.0. The first-order valence-electron chi connectivity index (χ1n) is 6.39. The highest BCUT2D eigenvalue weighted by molar-refractivity contribution is 5.75. The van der Waals surface area contributed by atoms with E-state index in [1.54, 1.807) is 0 Å². The molecule has 0 bridgehead atoms. The molecule has 2 radical (unpaired) electrons. The summed E-state index contributed by atoms with van der Waals surface area (Å²) < 4.78 is 176. The summed E-state index contributed by atoms with van der Waals surface area (Å²) in [4.78, 5) is 0. The monoisotopic (exact) mass is 444 g/mol. The summed E-state index contributed by atoms with van der Waals surface area (Å²) in [6, 6.07) is 0. The van der Waals surface area contributed by atoms with Crippen LogP contribution in [0.3, 0.4) is 0 Å². The molecule has 0 N–H and O–H groups in total. The molecule has 0 aliphatic carbocycles. The Morgan fingerprint density at radius 1 is 0.556 bits per heavy atom. The number of rotatable bonds is 6. The quantitative estimate of drug-likeness (QED) is 0.258.